The van der Waals surface area contributed by atoms with Crippen molar-refractivity contribution in [3.63, 3.8) is 0 Å². The van der Waals surface area contributed by atoms with Crippen LogP contribution in [0.5, 0.6) is 0 Å². The molecular formula is C20H24F2N2O. The van der Waals surface area contributed by atoms with Gasteiger partial charge in [-0.1, -0.05) is 19.1 Å². The predicted molar refractivity (Wildman–Crippen MR) is 97.0 cm³/mol. The maximum atomic E-state index is 11.1. The predicted octanol–water partition coefficient (Wildman–Crippen LogP) is 5.14. The largest absolute Gasteiger partial charge is 0.388 e. The molecule has 3 nitrogen and oxygen atoms in total. The highest BCUT2D eigenvalue weighted by atomic mass is 19.3. The van der Waals surface area contributed by atoms with E-state index in [-0.39, 0.29) is 12.8 Å². The van der Waals surface area contributed by atoms with Gasteiger partial charge in [-0.2, -0.15) is 0 Å². The van der Waals surface area contributed by atoms with Gasteiger partial charge >= 0.3 is 0 Å². The summed E-state index contributed by atoms with van der Waals surface area (Å²) >= 11 is 0. The van der Waals surface area contributed by atoms with E-state index in [0.717, 1.165) is 17.3 Å². The molecule has 0 saturated heterocycles. The lowest BCUT2D eigenvalue weighted by molar-refractivity contribution is -0.0980. The Hall–Kier alpha value is -2.30. The molecular weight excluding hydrogens is 322 g/mol. The van der Waals surface area contributed by atoms with E-state index in [1.54, 1.807) is 0 Å². The van der Waals surface area contributed by atoms with Crippen LogP contribution in [0.2, 0.25) is 0 Å². The third-order valence-electron chi connectivity index (χ3n) is 4.42. The summed E-state index contributed by atoms with van der Waals surface area (Å²) in [6.07, 6.45) is 3.40. The number of aromatic nitrogens is 1. The Balaban J connectivity index is 0.000000273. The second kappa shape index (κ2) is 8.19. The van der Waals surface area contributed by atoms with Gasteiger partial charge in [-0.25, -0.2) is 8.78 Å². The second-order valence-corrected chi connectivity index (χ2v) is 6.44. The van der Waals surface area contributed by atoms with E-state index in [0.29, 0.717) is 5.92 Å². The highest BCUT2D eigenvalue weighted by Crippen LogP contribution is 2.50. The van der Waals surface area contributed by atoms with Gasteiger partial charge < -0.3 is 10.1 Å². The van der Waals surface area contributed by atoms with Crippen LogP contribution < -0.4 is 5.32 Å². The van der Waals surface area contributed by atoms with Crippen molar-refractivity contribution in [1.29, 1.82) is 0 Å². The first-order valence-corrected chi connectivity index (χ1v) is 8.40. The SMILES string of the molecule is C=O.CNc1ccc([C@@H]2CC2C)c(-c2ccccn2)c1.FC1(F)CC1. The van der Waals surface area contributed by atoms with Gasteiger partial charge in [-0.3, -0.25) is 4.98 Å². The molecule has 0 radical (unpaired) electrons. The van der Waals surface area contributed by atoms with Gasteiger partial charge in [0.05, 0.1) is 5.69 Å². The highest BCUT2D eigenvalue weighted by molar-refractivity contribution is 5.70. The van der Waals surface area contributed by atoms with E-state index in [1.165, 1.54) is 17.5 Å². The molecule has 2 aromatic rings. The Bertz CT molecular complexity index is 685. The zero-order valence-corrected chi connectivity index (χ0v) is 14.6. The number of nitrogens with zero attached hydrogens (tertiary/aromatic N) is 1. The van der Waals surface area contributed by atoms with Gasteiger partial charge in [0, 0.05) is 37.3 Å². The monoisotopic (exact) mass is 346 g/mol. The Kier molecular flexibility index (Phi) is 6.23. The van der Waals surface area contributed by atoms with Crippen molar-refractivity contribution >= 4 is 12.5 Å². The lowest BCUT2D eigenvalue weighted by Gasteiger charge is -2.11. The number of hydrogen-bond donors (Lipinski definition) is 1. The van der Waals surface area contributed by atoms with Gasteiger partial charge in [-0.15, -0.1) is 0 Å². The first-order valence-electron chi connectivity index (χ1n) is 8.40. The number of hydrogen-bond acceptors (Lipinski definition) is 3. The van der Waals surface area contributed by atoms with E-state index in [4.69, 9.17) is 4.79 Å². The molecule has 5 heteroatoms. The first kappa shape index (κ1) is 19.0. The van der Waals surface area contributed by atoms with E-state index < -0.39 is 5.92 Å². The van der Waals surface area contributed by atoms with Crippen molar-refractivity contribution in [2.45, 2.75) is 38.0 Å². The Labute approximate surface area is 147 Å². The molecule has 2 saturated carbocycles. The van der Waals surface area contributed by atoms with Crippen LogP contribution in [0.4, 0.5) is 14.5 Å². The molecule has 1 unspecified atom stereocenters. The van der Waals surface area contributed by atoms with Crippen molar-refractivity contribution in [1.82, 2.24) is 4.98 Å². The second-order valence-electron chi connectivity index (χ2n) is 6.44. The summed E-state index contributed by atoms with van der Waals surface area (Å²) in [5.41, 5.74) is 4.94. The van der Waals surface area contributed by atoms with Crippen LogP contribution in [-0.4, -0.2) is 24.7 Å². The highest BCUT2D eigenvalue weighted by Gasteiger charge is 2.43. The smallest absolute Gasteiger partial charge is 0.248 e. The number of nitrogens with one attached hydrogen (secondary N) is 1. The molecule has 4 rings (SSSR count). The molecule has 0 bridgehead atoms. The van der Waals surface area contributed by atoms with Crippen LogP contribution in [0.25, 0.3) is 11.3 Å². The average Bonchev–Trinajstić information content (AvgIpc) is 3.56. The number of alkyl halides is 2. The minimum Gasteiger partial charge on any atom is -0.388 e. The maximum Gasteiger partial charge on any atom is 0.248 e. The Morgan fingerprint density at radius 2 is 1.84 bits per heavy atom. The van der Waals surface area contributed by atoms with Gasteiger partial charge in [-0.05, 0) is 48.1 Å². The topological polar surface area (TPSA) is 42.0 Å². The van der Waals surface area contributed by atoms with Gasteiger partial charge in [0.15, 0.2) is 0 Å². The number of benzene rings is 1. The molecule has 134 valence electrons. The summed E-state index contributed by atoms with van der Waals surface area (Å²) < 4.78 is 22.3. The summed E-state index contributed by atoms with van der Waals surface area (Å²) in [5.74, 6) is -0.721. The molecule has 1 aromatic heterocycles. The zero-order valence-electron chi connectivity index (χ0n) is 14.6. The van der Waals surface area contributed by atoms with Crippen molar-refractivity contribution in [3.05, 3.63) is 48.2 Å². The van der Waals surface area contributed by atoms with Crippen LogP contribution in [0, 0.1) is 5.92 Å². The third-order valence-corrected chi connectivity index (χ3v) is 4.42. The van der Waals surface area contributed by atoms with E-state index >= 15 is 0 Å². The van der Waals surface area contributed by atoms with Crippen LogP contribution in [0.1, 0.15) is 37.7 Å². The van der Waals surface area contributed by atoms with Gasteiger partial charge in [0.2, 0.25) is 5.92 Å². The lowest BCUT2D eigenvalue weighted by Crippen LogP contribution is -1.94. The fraction of sp³-hybridized carbons (Fsp3) is 0.400. The molecule has 25 heavy (non-hydrogen) atoms. The molecule has 2 aliphatic rings. The average molecular weight is 346 g/mol. The summed E-state index contributed by atoms with van der Waals surface area (Å²) in [5, 5.41) is 3.21. The quantitative estimate of drug-likeness (QED) is 0.836. The van der Waals surface area contributed by atoms with Gasteiger partial charge in [0.25, 0.3) is 0 Å². The van der Waals surface area contributed by atoms with E-state index in [1.807, 2.05) is 26.1 Å². The number of carbonyl (C=O) groups is 1. The molecule has 0 spiro atoms. The Morgan fingerprint density at radius 3 is 2.28 bits per heavy atom. The molecule has 1 aromatic carbocycles. The number of anilines is 1. The fourth-order valence-corrected chi connectivity index (χ4v) is 2.63. The maximum absolute atomic E-state index is 11.1. The zero-order chi connectivity index (χ0) is 18.4. The van der Waals surface area contributed by atoms with Crippen molar-refractivity contribution in [2.75, 3.05) is 12.4 Å². The van der Waals surface area contributed by atoms with Crippen LogP contribution in [-0.2, 0) is 4.79 Å². The molecule has 0 amide bonds. The first-order chi connectivity index (χ1) is 12.0. The summed E-state index contributed by atoms with van der Waals surface area (Å²) in [7, 11) is 1.96. The van der Waals surface area contributed by atoms with Crippen molar-refractivity contribution in [3.8, 4) is 11.3 Å². The molecule has 2 fully saturated rings. The number of halogens is 2. The number of pyridine rings is 1. The number of carbonyl (C=O) groups excluding carboxylic acids is 1. The molecule has 2 atom stereocenters. The van der Waals surface area contributed by atoms with Crippen LogP contribution in [0.3, 0.4) is 0 Å². The summed E-state index contributed by atoms with van der Waals surface area (Å²) in [6, 6.07) is 12.7. The molecule has 1 heterocycles. The Morgan fingerprint density at radius 1 is 1.20 bits per heavy atom. The lowest BCUT2D eigenvalue weighted by atomic mass is 9.98. The van der Waals surface area contributed by atoms with Crippen LogP contribution in [0.15, 0.2) is 42.6 Å². The molecule has 2 aliphatic carbocycles. The van der Waals surface area contributed by atoms with Gasteiger partial charge in [0.1, 0.15) is 6.79 Å². The van der Waals surface area contributed by atoms with Crippen molar-refractivity contribution < 1.29 is 13.6 Å². The normalized spacial score (nSPS) is 21.8. The third kappa shape index (κ3) is 5.34. The fourth-order valence-electron chi connectivity index (χ4n) is 2.63. The molecule has 1 N–H and O–H groups in total. The molecule has 0 aliphatic heterocycles. The van der Waals surface area contributed by atoms with E-state index in [2.05, 4.69) is 47.6 Å². The van der Waals surface area contributed by atoms with E-state index in [9.17, 15) is 8.78 Å². The minimum absolute atomic E-state index is 0.118. The standard InChI is InChI=1S/C16H18N2.C3H4F2.CH2O/c1-11-9-14(11)13-7-6-12(17-2)10-15(13)16-5-3-4-8-18-16;4-3(5)1-2-3;1-2/h3-8,10-11,14,17H,9H2,1-2H3;1-2H2;1H2/t11?,14-;;/m1../s1. The minimum atomic E-state index is -2.25. The number of rotatable bonds is 3. The van der Waals surface area contributed by atoms with Crippen molar-refractivity contribution in [2.24, 2.45) is 5.92 Å². The summed E-state index contributed by atoms with van der Waals surface area (Å²) in [6.45, 7) is 4.32. The summed E-state index contributed by atoms with van der Waals surface area (Å²) in [4.78, 5) is 12.5. The van der Waals surface area contributed by atoms with Crippen LogP contribution >= 0.6 is 0 Å².